The quantitative estimate of drug-likeness (QED) is 0.194. The van der Waals surface area contributed by atoms with Crippen LogP contribution < -0.4 is 5.32 Å². The number of fused-ring (bicyclic) bond motifs is 1. The van der Waals surface area contributed by atoms with Crippen molar-refractivity contribution in [2.75, 3.05) is 5.75 Å². The minimum absolute atomic E-state index is 0.0202. The lowest BCUT2D eigenvalue weighted by Gasteiger charge is -2.18. The molecule has 4 rings (SSSR count). The van der Waals surface area contributed by atoms with Crippen LogP contribution in [0.25, 0.3) is 22.2 Å². The molecule has 0 saturated carbocycles. The van der Waals surface area contributed by atoms with Crippen LogP contribution in [0.1, 0.15) is 65.7 Å². The highest BCUT2D eigenvalue weighted by Gasteiger charge is 2.17. The summed E-state index contributed by atoms with van der Waals surface area (Å²) < 4.78 is 2.18. The van der Waals surface area contributed by atoms with Gasteiger partial charge in [0, 0.05) is 30.3 Å². The van der Waals surface area contributed by atoms with Gasteiger partial charge in [0.1, 0.15) is 5.82 Å². The van der Waals surface area contributed by atoms with Crippen LogP contribution in [0.5, 0.6) is 0 Å². The molecule has 7 heteroatoms. The highest BCUT2D eigenvalue weighted by molar-refractivity contribution is 7.80. The molecule has 2 N–H and O–H groups in total. The number of carbonyl (C=O) groups is 2. The molecule has 4 aromatic rings. The number of rotatable bonds is 11. The predicted molar refractivity (Wildman–Crippen MR) is 156 cm³/mol. The minimum Gasteiger partial charge on any atom is -0.478 e. The lowest BCUT2D eigenvalue weighted by atomic mass is 9.99. The summed E-state index contributed by atoms with van der Waals surface area (Å²) in [5.41, 5.74) is 5.30. The number of carboxylic acid groups (broad SMARTS) is 1. The lowest BCUT2D eigenvalue weighted by Crippen LogP contribution is -2.37. The number of hydrogen-bond acceptors (Lipinski definition) is 4. The number of hydrogen-bond donors (Lipinski definition) is 3. The number of nitrogens with one attached hydrogen (secondary N) is 1. The van der Waals surface area contributed by atoms with Crippen molar-refractivity contribution in [3.8, 4) is 11.1 Å². The topological polar surface area (TPSA) is 84.2 Å². The smallest absolute Gasteiger partial charge is 0.336 e. The van der Waals surface area contributed by atoms with Gasteiger partial charge in [-0.2, -0.15) is 12.6 Å². The Bertz CT molecular complexity index is 1430. The van der Waals surface area contributed by atoms with Gasteiger partial charge in [-0.3, -0.25) is 4.79 Å². The number of aromatic carboxylic acids is 1. The Balaban J connectivity index is 1.64. The molecule has 198 valence electrons. The monoisotopic (exact) mass is 529 g/mol. The van der Waals surface area contributed by atoms with E-state index in [0.29, 0.717) is 29.3 Å². The van der Waals surface area contributed by atoms with E-state index in [-0.39, 0.29) is 17.5 Å². The van der Waals surface area contributed by atoms with E-state index in [1.165, 1.54) is 0 Å². The van der Waals surface area contributed by atoms with Crippen molar-refractivity contribution in [1.29, 1.82) is 0 Å². The zero-order valence-corrected chi connectivity index (χ0v) is 23.0. The van der Waals surface area contributed by atoms with Crippen LogP contribution in [0, 0.1) is 5.92 Å². The summed E-state index contributed by atoms with van der Waals surface area (Å²) in [4.78, 5) is 29.6. The maximum Gasteiger partial charge on any atom is 0.336 e. The lowest BCUT2D eigenvalue weighted by molar-refractivity contribution is 0.0697. The largest absolute Gasteiger partial charge is 0.478 e. The fourth-order valence-corrected chi connectivity index (χ4v) is 5.06. The van der Waals surface area contributed by atoms with Crippen LogP contribution in [0.15, 0.2) is 66.7 Å². The second-order valence-corrected chi connectivity index (χ2v) is 10.5. The van der Waals surface area contributed by atoms with Crippen molar-refractivity contribution >= 4 is 35.5 Å². The van der Waals surface area contributed by atoms with Crippen LogP contribution >= 0.6 is 12.6 Å². The summed E-state index contributed by atoms with van der Waals surface area (Å²) in [6.45, 7) is 7.01. The van der Waals surface area contributed by atoms with E-state index in [0.717, 1.165) is 47.2 Å². The van der Waals surface area contributed by atoms with Gasteiger partial charge in [0.15, 0.2) is 0 Å². The molecule has 0 aliphatic heterocycles. The molecule has 0 saturated heterocycles. The predicted octanol–water partition coefficient (Wildman–Crippen LogP) is 6.48. The van der Waals surface area contributed by atoms with Crippen LogP contribution in [-0.4, -0.2) is 38.3 Å². The molecular formula is C31H35N3O3S. The number of nitrogens with zero attached hydrogens (tertiary/aromatic N) is 2. The molecule has 0 unspecified atom stereocenters. The minimum atomic E-state index is -0.941. The van der Waals surface area contributed by atoms with Crippen molar-refractivity contribution in [3.63, 3.8) is 0 Å². The first-order valence-corrected chi connectivity index (χ1v) is 13.8. The van der Waals surface area contributed by atoms with Crippen LogP contribution in [-0.2, 0) is 13.0 Å². The Kier molecular flexibility index (Phi) is 8.89. The number of carboxylic acids is 1. The number of imidazole rings is 1. The maximum atomic E-state index is 13.1. The van der Waals surface area contributed by atoms with E-state index in [1.54, 1.807) is 12.1 Å². The molecule has 0 bridgehead atoms. The fourth-order valence-electron chi connectivity index (χ4n) is 4.82. The van der Waals surface area contributed by atoms with Crippen LogP contribution in [0.3, 0.4) is 0 Å². The first-order chi connectivity index (χ1) is 18.3. The van der Waals surface area contributed by atoms with Crippen LogP contribution in [0.2, 0.25) is 0 Å². The first-order valence-electron chi connectivity index (χ1n) is 13.1. The Morgan fingerprint density at radius 1 is 1.05 bits per heavy atom. The van der Waals surface area contributed by atoms with Crippen molar-refractivity contribution in [3.05, 3.63) is 89.2 Å². The third-order valence-corrected chi connectivity index (χ3v) is 7.08. The summed E-state index contributed by atoms with van der Waals surface area (Å²) in [7, 11) is 0. The molecule has 3 aromatic carbocycles. The molecule has 1 atom stereocenters. The first kappa shape index (κ1) is 27.5. The molecule has 0 aliphatic carbocycles. The van der Waals surface area contributed by atoms with E-state index in [4.69, 9.17) is 4.98 Å². The van der Waals surface area contributed by atoms with Gasteiger partial charge in [-0.15, -0.1) is 0 Å². The molecule has 0 aliphatic rings. The van der Waals surface area contributed by atoms with Crippen molar-refractivity contribution in [2.45, 2.75) is 52.6 Å². The summed E-state index contributed by atoms with van der Waals surface area (Å²) in [5.74, 6) is 1.00. The zero-order valence-electron chi connectivity index (χ0n) is 22.1. The number of aryl methyl sites for hydroxylation is 1. The molecule has 1 aromatic heterocycles. The van der Waals surface area contributed by atoms with E-state index in [2.05, 4.69) is 43.3 Å². The van der Waals surface area contributed by atoms with Gasteiger partial charge in [0.05, 0.1) is 16.6 Å². The van der Waals surface area contributed by atoms with Crippen LogP contribution in [0.4, 0.5) is 0 Å². The van der Waals surface area contributed by atoms with Gasteiger partial charge in [-0.05, 0) is 59.7 Å². The Labute approximate surface area is 229 Å². The van der Waals surface area contributed by atoms with E-state index >= 15 is 0 Å². The third kappa shape index (κ3) is 6.27. The van der Waals surface area contributed by atoms with Gasteiger partial charge >= 0.3 is 5.97 Å². The number of carbonyl (C=O) groups excluding carboxylic acids is 1. The Hall–Kier alpha value is -3.58. The number of benzene rings is 3. The maximum absolute atomic E-state index is 13.1. The van der Waals surface area contributed by atoms with Gasteiger partial charge in [-0.1, -0.05) is 63.2 Å². The van der Waals surface area contributed by atoms with Gasteiger partial charge in [0.2, 0.25) is 0 Å². The second-order valence-electron chi connectivity index (χ2n) is 10.1. The third-order valence-electron chi connectivity index (χ3n) is 6.64. The van der Waals surface area contributed by atoms with Gasteiger partial charge in [0.25, 0.3) is 5.91 Å². The van der Waals surface area contributed by atoms with Crippen molar-refractivity contribution in [1.82, 2.24) is 14.9 Å². The molecule has 38 heavy (non-hydrogen) atoms. The van der Waals surface area contributed by atoms with Gasteiger partial charge < -0.3 is 15.0 Å². The molecule has 0 radical (unpaired) electrons. The second kappa shape index (κ2) is 12.3. The van der Waals surface area contributed by atoms with Gasteiger partial charge in [-0.25, -0.2) is 9.78 Å². The molecule has 6 nitrogen and oxygen atoms in total. The number of amides is 1. The standard InChI is InChI=1S/C31H35N3O3S/c1-4-7-29-33-27-15-14-23(30(35)32-24(19-38)16-20(2)3)17-28(27)34(29)18-21-10-12-22(13-11-21)25-8-5-6-9-26(25)31(36)37/h5-6,8-15,17,20,24,38H,4,7,16,18-19H2,1-3H3,(H,32,35)(H,36,37)/t24-/m1/s1. The number of thiol groups is 1. The summed E-state index contributed by atoms with van der Waals surface area (Å²) in [5, 5.41) is 12.7. The van der Waals surface area contributed by atoms with Crippen molar-refractivity contribution < 1.29 is 14.7 Å². The van der Waals surface area contributed by atoms with E-state index in [1.807, 2.05) is 54.6 Å². The fraction of sp³-hybridized carbons (Fsp3) is 0.323. The molecule has 1 amide bonds. The Morgan fingerprint density at radius 3 is 2.45 bits per heavy atom. The highest BCUT2D eigenvalue weighted by atomic mass is 32.1. The zero-order chi connectivity index (χ0) is 27.2. The molecular weight excluding hydrogens is 494 g/mol. The Morgan fingerprint density at radius 2 is 1.79 bits per heavy atom. The average Bonchev–Trinajstić information content (AvgIpc) is 3.24. The summed E-state index contributed by atoms with van der Waals surface area (Å²) in [6.07, 6.45) is 2.67. The summed E-state index contributed by atoms with van der Waals surface area (Å²) >= 11 is 4.42. The normalized spacial score (nSPS) is 12.1. The number of aromatic nitrogens is 2. The molecule has 0 spiro atoms. The van der Waals surface area contributed by atoms with E-state index in [9.17, 15) is 14.7 Å². The summed E-state index contributed by atoms with van der Waals surface area (Å²) in [6, 6.07) is 20.7. The highest BCUT2D eigenvalue weighted by Crippen LogP contribution is 2.26. The molecule has 1 heterocycles. The molecule has 0 fully saturated rings. The van der Waals surface area contributed by atoms with Crippen molar-refractivity contribution in [2.24, 2.45) is 5.92 Å². The van der Waals surface area contributed by atoms with E-state index < -0.39 is 5.97 Å². The SMILES string of the molecule is CCCc1nc2ccc(C(=O)N[C@@H](CS)CC(C)C)cc2n1Cc1ccc(-c2ccccc2C(=O)O)cc1. The average molecular weight is 530 g/mol.